The minimum absolute atomic E-state index is 0.0855. The van der Waals surface area contributed by atoms with E-state index in [0.29, 0.717) is 0 Å². The van der Waals surface area contributed by atoms with E-state index in [1.54, 1.807) is 0 Å². The third kappa shape index (κ3) is 28.9. The molecule has 120 heavy (non-hydrogen) atoms. The molecule has 0 saturated carbocycles. The second-order valence-corrected chi connectivity index (χ2v) is 28.4. The fourth-order valence-electron chi connectivity index (χ4n) is 14.5. The third-order valence-electron chi connectivity index (χ3n) is 18.8. The summed E-state index contributed by atoms with van der Waals surface area (Å²) in [6.45, 7) is 32.0. The molecule has 0 fully saturated rings. The maximum absolute atomic E-state index is 2.40. The third-order valence-corrected chi connectivity index (χ3v) is 18.8. The first kappa shape index (κ1) is 104. The van der Waals surface area contributed by atoms with Crippen molar-refractivity contribution in [3.8, 4) is 0 Å². The van der Waals surface area contributed by atoms with Gasteiger partial charge in [-0.25, -0.2) is 0 Å². The summed E-state index contributed by atoms with van der Waals surface area (Å²) < 4.78 is 0. The molecule has 0 saturated heterocycles. The number of anilines is 8. The van der Waals surface area contributed by atoms with Crippen molar-refractivity contribution >= 4 is 110 Å². The van der Waals surface area contributed by atoms with Crippen molar-refractivity contribution in [1.29, 1.82) is 0 Å². The molecule has 0 heterocycles. The van der Waals surface area contributed by atoms with E-state index in [4.69, 9.17) is 0 Å². The van der Waals surface area contributed by atoms with Crippen LogP contribution in [-0.4, -0.2) is 177 Å². The molecule has 0 atom stereocenters. The van der Waals surface area contributed by atoms with Gasteiger partial charge in [-0.2, -0.15) is 0 Å². The average Bonchev–Trinajstić information content (AvgIpc) is 0.880. The molecule has 0 bridgehead atoms. The smallest absolute Gasteiger partial charge is 0.143 e. The van der Waals surface area contributed by atoms with E-state index in [0.717, 1.165) is 0 Å². The van der Waals surface area contributed by atoms with Gasteiger partial charge in [-0.1, -0.05) is 329 Å². The second kappa shape index (κ2) is 56.1. The second-order valence-electron chi connectivity index (χ2n) is 28.4. The lowest BCUT2D eigenvalue weighted by molar-refractivity contribution is 0.135. The highest BCUT2D eigenvalue weighted by molar-refractivity contribution is 5.93. The molecule has 0 aromatic heterocycles. The summed E-state index contributed by atoms with van der Waals surface area (Å²) in [5.74, 6) is 0. The molecule has 644 valence electrons. The Morgan fingerprint density at radius 2 is 0.242 bits per heavy atom. The number of rotatable bonds is 20. The molecule has 12 nitrogen and oxygen atoms in total. The van der Waals surface area contributed by atoms with Crippen LogP contribution in [0.3, 0.4) is 0 Å². The molecule has 14 aromatic rings. The van der Waals surface area contributed by atoms with Gasteiger partial charge in [0, 0.05) is 45.5 Å². The van der Waals surface area contributed by atoms with Crippen LogP contribution in [0.2, 0.25) is 0 Å². The lowest BCUT2D eigenvalue weighted by atomic mass is 10.1. The Labute approximate surface area is 728 Å². The average molecular weight is 1620 g/mol. The van der Waals surface area contributed by atoms with Gasteiger partial charge in [0.15, 0.2) is 0 Å². The van der Waals surface area contributed by atoms with E-state index in [2.05, 4.69) is 487 Å². The largest absolute Gasteiger partial charge is 0.312 e. The number of nitrogens with zero attached hydrogens (tertiary/aromatic N) is 12. The minimum atomic E-state index is 0.0855. The summed E-state index contributed by atoms with van der Waals surface area (Å²) in [5, 5.41) is 15.1. The van der Waals surface area contributed by atoms with Gasteiger partial charge in [-0.05, 0) is 274 Å². The van der Waals surface area contributed by atoms with E-state index < -0.39 is 0 Å². The molecule has 0 unspecified atom stereocenters. The molecular formula is C108H152N12. The van der Waals surface area contributed by atoms with E-state index in [9.17, 15) is 0 Å². The van der Waals surface area contributed by atoms with Crippen LogP contribution < -0.4 is 19.6 Å². The Morgan fingerprint density at radius 3 is 0.375 bits per heavy atom. The molecular weight excluding hydrogens is 1470 g/mol. The molecule has 0 spiro atoms. The van der Waals surface area contributed by atoms with E-state index in [1.165, 1.54) is 110 Å². The Bertz CT molecular complexity index is 4550. The van der Waals surface area contributed by atoms with Crippen LogP contribution in [-0.2, 0) is 0 Å². The molecule has 0 aliphatic heterocycles. The molecule has 0 N–H and O–H groups in total. The topological polar surface area (TPSA) is 38.9 Å². The summed E-state index contributed by atoms with van der Waals surface area (Å²) >= 11 is 0. The van der Waals surface area contributed by atoms with Gasteiger partial charge in [0.2, 0.25) is 0 Å². The Hall–Kier alpha value is -10.5. The number of fused-ring (bicyclic) bond motifs is 6. The molecule has 0 aliphatic carbocycles. The van der Waals surface area contributed by atoms with Crippen LogP contribution in [0.4, 0.5) is 45.5 Å². The molecule has 0 aliphatic rings. The summed E-state index contributed by atoms with van der Waals surface area (Å²) in [6.07, 6.45) is 0.409. The highest BCUT2D eigenvalue weighted by Crippen LogP contribution is 2.38. The van der Waals surface area contributed by atoms with Crippen LogP contribution in [0.15, 0.2) is 315 Å². The predicted octanol–water partition coefficient (Wildman–Crippen LogP) is 28.1. The molecule has 12 heteroatoms. The summed E-state index contributed by atoms with van der Waals surface area (Å²) in [4.78, 5) is 27.4. The van der Waals surface area contributed by atoms with Gasteiger partial charge >= 0.3 is 0 Å². The summed E-state index contributed by atoms with van der Waals surface area (Å²) in [7, 11) is 33.9. The van der Waals surface area contributed by atoms with Crippen LogP contribution in [0.1, 0.15) is 111 Å². The Morgan fingerprint density at radius 1 is 0.125 bits per heavy atom. The van der Waals surface area contributed by atoms with Gasteiger partial charge in [-0.15, -0.1) is 0 Å². The van der Waals surface area contributed by atoms with Crippen molar-refractivity contribution in [3.63, 3.8) is 0 Å². The standard InChI is InChI=1S/2C25H27N3.2C21H25N3.8C2H6/c2*1-26(2)25(27(3)4)28(23-15-13-19-9-5-7-11-21(19)17-23)24-16-14-20-10-6-8-12-22(20)18-24;2*1-22(2)21(23(3)4)24(19-12-6-5-7-13-19)20-15-14-17-10-8-9-11-18(17)16-20;8*1-2/h2*5-18,25H,1-4H3;2*5-16,21H,1-4H3;8*1-2H3. The zero-order valence-electron chi connectivity index (χ0n) is 79.7. The predicted molar refractivity (Wildman–Crippen MR) is 541 cm³/mol. The monoisotopic (exact) mass is 1620 g/mol. The van der Waals surface area contributed by atoms with Crippen molar-refractivity contribution in [2.24, 2.45) is 0 Å². The van der Waals surface area contributed by atoms with E-state index >= 15 is 0 Å². The lowest BCUT2D eigenvalue weighted by Gasteiger charge is -2.41. The normalized spacial score (nSPS) is 10.6. The highest BCUT2D eigenvalue weighted by atomic mass is 15.5. The van der Waals surface area contributed by atoms with Crippen molar-refractivity contribution in [2.75, 3.05) is 132 Å². The number of hydrogen-bond donors (Lipinski definition) is 0. The molecule has 14 rings (SSSR count). The highest BCUT2D eigenvalue weighted by Gasteiger charge is 2.30. The maximum Gasteiger partial charge on any atom is 0.143 e. The molecule has 0 radical (unpaired) electrons. The van der Waals surface area contributed by atoms with Gasteiger partial charge in [-0.3, -0.25) is 39.2 Å². The zero-order valence-corrected chi connectivity index (χ0v) is 79.7. The van der Waals surface area contributed by atoms with Crippen molar-refractivity contribution in [1.82, 2.24) is 39.2 Å². The Balaban J connectivity index is 0.000000391. The summed E-state index contributed by atoms with van der Waals surface area (Å²) in [6, 6.07) is 112. The van der Waals surface area contributed by atoms with Crippen LogP contribution in [0.5, 0.6) is 0 Å². The quantitative estimate of drug-likeness (QED) is 0.0683. The minimum Gasteiger partial charge on any atom is -0.312 e. The van der Waals surface area contributed by atoms with E-state index in [-0.39, 0.29) is 25.2 Å². The maximum atomic E-state index is 2.40. The fourth-order valence-corrected chi connectivity index (χ4v) is 14.5. The van der Waals surface area contributed by atoms with Crippen molar-refractivity contribution in [3.05, 3.63) is 315 Å². The zero-order chi connectivity index (χ0) is 89.6. The summed E-state index contributed by atoms with van der Waals surface area (Å²) in [5.41, 5.74) is 9.46. The lowest BCUT2D eigenvalue weighted by Crippen LogP contribution is -2.51. The van der Waals surface area contributed by atoms with Crippen molar-refractivity contribution < 1.29 is 0 Å². The van der Waals surface area contributed by atoms with Crippen LogP contribution in [0.25, 0.3) is 64.6 Å². The first-order valence-electron chi connectivity index (χ1n) is 43.8. The first-order chi connectivity index (χ1) is 58.2. The number of benzene rings is 14. The van der Waals surface area contributed by atoms with Gasteiger partial charge < -0.3 is 19.6 Å². The first-order valence-corrected chi connectivity index (χ1v) is 43.8. The SMILES string of the molecule is CC.CC.CC.CC.CC.CC.CC.CC.CN(C)C(N(C)C)N(c1ccc2ccccc2c1)c1ccc2ccccc2c1.CN(C)C(N(C)C)N(c1ccc2ccccc2c1)c1ccc2ccccc2c1.CN(C)C(N(C)C)N(c1ccccc1)c1ccc2ccccc2c1.CN(C)C(N(C)C)N(c1ccccc1)c1ccc2ccccc2c1. The van der Waals surface area contributed by atoms with Gasteiger partial charge in [0.25, 0.3) is 0 Å². The van der Waals surface area contributed by atoms with Gasteiger partial charge in [0.1, 0.15) is 25.2 Å². The van der Waals surface area contributed by atoms with Crippen LogP contribution in [0, 0.1) is 0 Å². The fraction of sp³-hybridized carbons (Fsp3) is 0.333. The van der Waals surface area contributed by atoms with Crippen molar-refractivity contribution in [2.45, 2.75) is 136 Å². The Kier molecular flexibility index (Phi) is 48.5. The van der Waals surface area contributed by atoms with Crippen LogP contribution >= 0.6 is 0 Å². The number of hydrogen-bond acceptors (Lipinski definition) is 12. The van der Waals surface area contributed by atoms with E-state index in [1.807, 2.05) is 111 Å². The number of para-hydroxylation sites is 2. The van der Waals surface area contributed by atoms with Gasteiger partial charge in [0.05, 0.1) is 0 Å². The molecule has 14 aromatic carbocycles. The molecule has 0 amide bonds.